The smallest absolute Gasteiger partial charge is 0.0582 e. The minimum absolute atomic E-state index is 0.211. The van der Waals surface area contributed by atoms with E-state index in [-0.39, 0.29) is 6.10 Å². The summed E-state index contributed by atoms with van der Waals surface area (Å²) in [6.45, 7) is 2.17. The molecule has 0 amide bonds. The maximum Gasteiger partial charge on any atom is 0.0582 e. The molecule has 0 saturated heterocycles. The second-order valence-electron chi connectivity index (χ2n) is 6.40. The number of hydrogen-bond acceptors (Lipinski definition) is 2. The minimum Gasteiger partial charge on any atom is -0.393 e. The van der Waals surface area contributed by atoms with Crippen LogP contribution in [-0.2, 0) is 0 Å². The summed E-state index contributed by atoms with van der Waals surface area (Å²) in [6, 6.07) is 0. The topological polar surface area (TPSA) is 20.2 Å². The Hall–Kier alpha value is -0.730. The van der Waals surface area contributed by atoms with Crippen LogP contribution in [0.5, 0.6) is 0 Å². The van der Waals surface area contributed by atoms with Crippen molar-refractivity contribution in [1.82, 2.24) is 0 Å². The Morgan fingerprint density at radius 2 is 1.29 bits per heavy atom. The van der Waals surface area contributed by atoms with Gasteiger partial charge in [-0.15, -0.1) is 0 Å². The average Bonchev–Trinajstić information content (AvgIpc) is 2.58. The quantitative estimate of drug-likeness (QED) is 0.171. The van der Waals surface area contributed by atoms with E-state index < -0.39 is 0 Å². The van der Waals surface area contributed by atoms with Gasteiger partial charge in [0, 0.05) is 6.42 Å². The number of thiocarbonyl (C=S) groups is 1. The summed E-state index contributed by atoms with van der Waals surface area (Å²) >= 11 is 4.75. The average molecular weight is 351 g/mol. The summed E-state index contributed by atoms with van der Waals surface area (Å²) in [5.74, 6) is 0. The molecule has 0 bridgehead atoms. The van der Waals surface area contributed by atoms with Crippen LogP contribution in [0.15, 0.2) is 36.5 Å². The van der Waals surface area contributed by atoms with Crippen molar-refractivity contribution in [2.75, 3.05) is 0 Å². The predicted octanol–water partition coefficient (Wildman–Crippen LogP) is 7.11. The van der Waals surface area contributed by atoms with Crippen LogP contribution in [0.1, 0.15) is 90.4 Å². The molecule has 1 nitrogen and oxygen atoms in total. The second-order valence-corrected chi connectivity index (χ2v) is 6.74. The van der Waals surface area contributed by atoms with E-state index in [0.717, 1.165) is 32.1 Å². The van der Waals surface area contributed by atoms with E-state index in [1.165, 1.54) is 44.9 Å². The summed E-state index contributed by atoms with van der Waals surface area (Å²) in [7, 11) is 0. The van der Waals surface area contributed by atoms with Crippen molar-refractivity contribution in [1.29, 1.82) is 0 Å². The largest absolute Gasteiger partial charge is 0.393 e. The first-order chi connectivity index (χ1) is 11.8. The molecule has 0 aromatic heterocycles. The third kappa shape index (κ3) is 19.3. The fraction of sp³-hybridized carbons (Fsp3) is 0.682. The highest BCUT2D eigenvalue weighted by molar-refractivity contribution is 7.78. The third-order valence-corrected chi connectivity index (χ3v) is 4.25. The van der Waals surface area contributed by atoms with Gasteiger partial charge in [-0.25, -0.2) is 0 Å². The zero-order chi connectivity index (χ0) is 17.7. The lowest BCUT2D eigenvalue weighted by Crippen LogP contribution is -2.05. The monoisotopic (exact) mass is 350 g/mol. The van der Waals surface area contributed by atoms with E-state index in [9.17, 15) is 5.11 Å². The van der Waals surface area contributed by atoms with Gasteiger partial charge < -0.3 is 5.11 Å². The first-order valence-corrected chi connectivity index (χ1v) is 10.3. The number of rotatable bonds is 17. The standard InChI is InChI=1S/C22H38OS/c1-2-3-4-5-6-7-8-9-10-11-12-13-14-15-16-17-18-19-22(23)20-21-24/h3-4,6-7,9-10,21-23H,2,5,8,11-20H2,1H3/b4-3-,7-6-,10-9-. The minimum atomic E-state index is -0.211. The molecular formula is C22H38OS. The van der Waals surface area contributed by atoms with Crippen molar-refractivity contribution >= 4 is 17.6 Å². The molecule has 1 atom stereocenters. The second kappa shape index (κ2) is 20.3. The van der Waals surface area contributed by atoms with Crippen molar-refractivity contribution in [2.45, 2.75) is 96.5 Å². The normalized spacial score (nSPS) is 13.4. The maximum atomic E-state index is 9.56. The molecule has 0 aliphatic rings. The van der Waals surface area contributed by atoms with Gasteiger partial charge in [-0.3, -0.25) is 0 Å². The first kappa shape index (κ1) is 23.3. The third-order valence-electron chi connectivity index (χ3n) is 4.06. The van der Waals surface area contributed by atoms with Gasteiger partial charge in [0.05, 0.1) is 6.10 Å². The van der Waals surface area contributed by atoms with Gasteiger partial charge in [-0.2, -0.15) is 0 Å². The van der Waals surface area contributed by atoms with Crippen LogP contribution in [0.2, 0.25) is 0 Å². The summed E-state index contributed by atoms with van der Waals surface area (Å²) in [5, 5.41) is 11.2. The molecule has 0 aliphatic heterocycles. The fourth-order valence-electron chi connectivity index (χ4n) is 2.58. The molecule has 1 N–H and O–H groups in total. The van der Waals surface area contributed by atoms with E-state index in [4.69, 9.17) is 12.2 Å². The Morgan fingerprint density at radius 1 is 0.750 bits per heavy atom. The van der Waals surface area contributed by atoms with E-state index >= 15 is 0 Å². The number of allylic oxidation sites excluding steroid dienone is 6. The molecule has 0 fully saturated rings. The lowest BCUT2D eigenvalue weighted by molar-refractivity contribution is 0.169. The molecule has 138 valence electrons. The molecule has 0 saturated carbocycles. The molecule has 0 rings (SSSR count). The first-order valence-electron chi connectivity index (χ1n) is 9.88. The zero-order valence-electron chi connectivity index (χ0n) is 15.7. The molecule has 0 heterocycles. The van der Waals surface area contributed by atoms with Crippen LogP contribution < -0.4 is 0 Å². The molecule has 2 heteroatoms. The molecule has 0 aliphatic carbocycles. The fourth-order valence-corrected chi connectivity index (χ4v) is 2.80. The highest BCUT2D eigenvalue weighted by Crippen LogP contribution is 2.11. The van der Waals surface area contributed by atoms with Gasteiger partial charge in [-0.1, -0.05) is 94.1 Å². The van der Waals surface area contributed by atoms with Gasteiger partial charge in [0.25, 0.3) is 0 Å². The van der Waals surface area contributed by atoms with Crippen molar-refractivity contribution in [3.05, 3.63) is 36.5 Å². The Bertz CT molecular complexity index is 344. The molecule has 0 radical (unpaired) electrons. The van der Waals surface area contributed by atoms with Crippen LogP contribution in [0, 0.1) is 0 Å². The Kier molecular flexibility index (Phi) is 19.7. The zero-order valence-corrected chi connectivity index (χ0v) is 16.5. The van der Waals surface area contributed by atoms with Gasteiger partial charge in [0.15, 0.2) is 0 Å². The van der Waals surface area contributed by atoms with Crippen LogP contribution >= 0.6 is 12.2 Å². The van der Waals surface area contributed by atoms with Crippen molar-refractivity contribution in [2.24, 2.45) is 0 Å². The molecule has 0 aromatic carbocycles. The molecule has 24 heavy (non-hydrogen) atoms. The lowest BCUT2D eigenvalue weighted by atomic mass is 10.0. The van der Waals surface area contributed by atoms with Gasteiger partial charge in [0.1, 0.15) is 0 Å². The number of aliphatic hydroxyl groups is 1. The SMILES string of the molecule is CC/C=C\C/C=C\C/C=C\CCCCCCCCCC(O)CC=S. The van der Waals surface area contributed by atoms with Crippen LogP contribution in [-0.4, -0.2) is 16.6 Å². The Balaban J connectivity index is 3.23. The molecule has 0 spiro atoms. The summed E-state index contributed by atoms with van der Waals surface area (Å²) in [4.78, 5) is 0. The highest BCUT2D eigenvalue weighted by Gasteiger charge is 2.00. The van der Waals surface area contributed by atoms with E-state index in [1.807, 2.05) is 0 Å². The Morgan fingerprint density at radius 3 is 1.92 bits per heavy atom. The molecule has 0 aromatic rings. The van der Waals surface area contributed by atoms with Gasteiger partial charge >= 0.3 is 0 Å². The number of unbranched alkanes of at least 4 members (excludes halogenated alkanes) is 7. The van der Waals surface area contributed by atoms with Crippen LogP contribution in [0.25, 0.3) is 0 Å². The number of aliphatic hydroxyl groups excluding tert-OH is 1. The van der Waals surface area contributed by atoms with Crippen molar-refractivity contribution in [3.8, 4) is 0 Å². The molecular weight excluding hydrogens is 312 g/mol. The summed E-state index contributed by atoms with van der Waals surface area (Å²) in [5.41, 5.74) is 0. The predicted molar refractivity (Wildman–Crippen MR) is 113 cm³/mol. The van der Waals surface area contributed by atoms with Gasteiger partial charge in [-0.05, 0) is 43.9 Å². The van der Waals surface area contributed by atoms with Crippen LogP contribution in [0.3, 0.4) is 0 Å². The van der Waals surface area contributed by atoms with Crippen molar-refractivity contribution < 1.29 is 5.11 Å². The molecule has 1 unspecified atom stereocenters. The van der Waals surface area contributed by atoms with E-state index in [1.54, 1.807) is 5.37 Å². The van der Waals surface area contributed by atoms with E-state index in [2.05, 4.69) is 43.4 Å². The van der Waals surface area contributed by atoms with Crippen molar-refractivity contribution in [3.63, 3.8) is 0 Å². The summed E-state index contributed by atoms with van der Waals surface area (Å²) < 4.78 is 0. The highest BCUT2D eigenvalue weighted by atomic mass is 32.1. The summed E-state index contributed by atoms with van der Waals surface area (Å²) in [6.07, 6.45) is 28.4. The maximum absolute atomic E-state index is 9.56. The van der Waals surface area contributed by atoms with E-state index in [0.29, 0.717) is 6.42 Å². The Labute approximate surface area is 155 Å². The lowest BCUT2D eigenvalue weighted by Gasteiger charge is -2.06. The number of hydrogen-bond donors (Lipinski definition) is 1. The van der Waals surface area contributed by atoms with Crippen LogP contribution in [0.4, 0.5) is 0 Å². The van der Waals surface area contributed by atoms with Gasteiger partial charge in [0.2, 0.25) is 0 Å².